The number of hydrogen-bond donors (Lipinski definition) is 9. The van der Waals surface area contributed by atoms with Gasteiger partial charge in [-0.2, -0.15) is 20.4 Å². The first-order valence-corrected chi connectivity index (χ1v) is 50.9. The van der Waals surface area contributed by atoms with Gasteiger partial charge in [0.25, 0.3) is 23.6 Å². The van der Waals surface area contributed by atoms with Crippen LogP contribution >= 0.6 is 0 Å². The first-order chi connectivity index (χ1) is 70.6. The van der Waals surface area contributed by atoms with E-state index in [4.69, 9.17) is 0 Å². The van der Waals surface area contributed by atoms with Gasteiger partial charge in [-0.15, -0.1) is 0 Å². The van der Waals surface area contributed by atoms with Crippen LogP contribution in [0.4, 0.5) is 44.6 Å². The summed E-state index contributed by atoms with van der Waals surface area (Å²) in [6.45, 7) is 20.7. The molecule has 0 bridgehead atoms. The first kappa shape index (κ1) is 96.5. The molecule has 33 heteroatoms. The number of anilines is 7. The van der Waals surface area contributed by atoms with E-state index >= 15 is 0 Å². The van der Waals surface area contributed by atoms with Crippen molar-refractivity contribution in [3.05, 3.63) is 271 Å². The Morgan fingerprint density at radius 1 is 0.299 bits per heavy atom. The number of nitrogens with zero attached hydrogens (tertiary/aromatic N) is 19. The van der Waals surface area contributed by atoms with Crippen molar-refractivity contribution in [3.63, 3.8) is 0 Å². The molecule has 0 saturated carbocycles. The number of aliphatic hydroxyl groups is 1. The molecule has 0 unspecified atom stereocenters. The molecule has 32 nitrogen and oxygen atoms in total. The van der Waals surface area contributed by atoms with E-state index in [1.807, 2.05) is 159 Å². The molecule has 738 valence electrons. The average molecular weight is 1930 g/mol. The first-order valence-electron chi connectivity index (χ1n) is 50.9. The van der Waals surface area contributed by atoms with Gasteiger partial charge < -0.3 is 41.1 Å². The van der Waals surface area contributed by atoms with E-state index < -0.39 is 11.7 Å². The largest absolute Gasteiger partial charge is 0.393 e. The normalized spacial score (nSPS) is 16.4. The number of halogens is 1. The maximum Gasteiger partial charge on any atom is 0.276 e. The Kier molecular flexibility index (Phi) is 30.8. The Morgan fingerprint density at radius 3 is 0.889 bits per heavy atom. The molecule has 0 atom stereocenters. The molecule has 12 aromatic heterocycles. The minimum absolute atomic E-state index is 0.181. The number of pyridine rings is 8. The molecule has 7 aliphatic rings. The zero-order valence-corrected chi connectivity index (χ0v) is 81.4. The van der Waals surface area contributed by atoms with Crippen LogP contribution in [0.5, 0.6) is 0 Å². The number of fused-ring (bicyclic) bond motifs is 4. The fraction of sp³-hybridized carbons (Fsp3) is 0.351. The van der Waals surface area contributed by atoms with Gasteiger partial charge in [-0.3, -0.25) is 84.1 Å². The number of rotatable bonds is 23. The van der Waals surface area contributed by atoms with Crippen LogP contribution in [0, 0.1) is 11.7 Å². The number of aromatic amines is 4. The topological polar surface area (TPSA) is 377 Å². The molecule has 16 aromatic rings. The molecule has 9 N–H and O–H groups in total. The number of likely N-dealkylation sites (tertiary alicyclic amines) is 4. The molecule has 0 aliphatic carbocycles. The van der Waals surface area contributed by atoms with Gasteiger partial charge in [-0.05, 0) is 295 Å². The minimum Gasteiger partial charge on any atom is -0.393 e. The third kappa shape index (κ3) is 24.3. The molecular formula is C111H122FN27O5. The summed E-state index contributed by atoms with van der Waals surface area (Å²) in [5.74, 6) is 1.89. The van der Waals surface area contributed by atoms with Crippen LogP contribution in [-0.2, 0) is 26.2 Å². The number of carbonyl (C=O) groups is 4. The molecule has 23 rings (SSSR count). The van der Waals surface area contributed by atoms with Crippen molar-refractivity contribution in [2.75, 3.05) is 128 Å². The van der Waals surface area contributed by atoms with Crippen molar-refractivity contribution in [2.24, 2.45) is 5.92 Å². The third-order valence-electron chi connectivity index (χ3n) is 28.4. The monoisotopic (exact) mass is 1930 g/mol. The summed E-state index contributed by atoms with van der Waals surface area (Å²) in [5, 5.41) is 53.3. The maximum atomic E-state index is 13.4. The highest BCUT2D eigenvalue weighted by Crippen LogP contribution is 2.35. The number of benzene rings is 4. The number of nitrogens with one attached hydrogen (secondary N) is 8. The van der Waals surface area contributed by atoms with E-state index in [9.17, 15) is 28.7 Å². The van der Waals surface area contributed by atoms with Crippen molar-refractivity contribution in [1.29, 1.82) is 0 Å². The van der Waals surface area contributed by atoms with Gasteiger partial charge in [0, 0.05) is 178 Å². The van der Waals surface area contributed by atoms with Crippen LogP contribution in [-0.4, -0.2) is 227 Å². The van der Waals surface area contributed by atoms with Crippen LogP contribution in [0.3, 0.4) is 0 Å². The minimum atomic E-state index is -0.520. The van der Waals surface area contributed by atoms with E-state index in [0.717, 1.165) is 249 Å². The average Bonchev–Trinajstić information content (AvgIpc) is 1.65. The van der Waals surface area contributed by atoms with E-state index in [1.165, 1.54) is 132 Å². The Labute approximate surface area is 835 Å². The Balaban J connectivity index is 0.000000117. The van der Waals surface area contributed by atoms with Crippen LogP contribution in [0.1, 0.15) is 187 Å². The molecule has 0 radical (unpaired) electrons. The number of carbonyl (C=O) groups excluding carboxylic acids is 4. The molecular weight excluding hydrogens is 1810 g/mol. The molecule has 0 spiro atoms. The number of amides is 4. The van der Waals surface area contributed by atoms with Crippen molar-refractivity contribution in [1.82, 2.24) is 100 Å². The summed E-state index contributed by atoms with van der Waals surface area (Å²) in [4.78, 5) is 104. The summed E-state index contributed by atoms with van der Waals surface area (Å²) in [7, 11) is 0. The van der Waals surface area contributed by atoms with Crippen LogP contribution in [0.2, 0.25) is 0 Å². The number of piperidine rings is 6. The summed E-state index contributed by atoms with van der Waals surface area (Å²) in [5.41, 5.74) is 19.5. The highest BCUT2D eigenvalue weighted by Gasteiger charge is 2.27. The molecule has 7 fully saturated rings. The second-order valence-corrected chi connectivity index (χ2v) is 39.0. The number of aromatic nitrogens is 16. The molecule has 4 amide bonds. The molecule has 4 aromatic carbocycles. The summed E-state index contributed by atoms with van der Waals surface area (Å²) >= 11 is 0. The molecule has 19 heterocycles. The second-order valence-electron chi connectivity index (χ2n) is 39.0. The molecule has 7 saturated heterocycles. The second kappa shape index (κ2) is 45.9. The summed E-state index contributed by atoms with van der Waals surface area (Å²) in [6, 6.07) is 45.4. The van der Waals surface area contributed by atoms with Gasteiger partial charge in [-0.25, -0.2) is 19.3 Å². The maximum absolute atomic E-state index is 13.4. The van der Waals surface area contributed by atoms with Gasteiger partial charge in [0.05, 0.1) is 81.9 Å². The summed E-state index contributed by atoms with van der Waals surface area (Å²) in [6.07, 6.45) is 44.2. The van der Waals surface area contributed by atoms with Gasteiger partial charge in [-0.1, -0.05) is 50.5 Å². The number of hydrogen-bond acceptors (Lipinski definition) is 24. The van der Waals surface area contributed by atoms with Crippen molar-refractivity contribution >= 4 is 107 Å². The van der Waals surface area contributed by atoms with E-state index in [2.05, 4.69) is 167 Å². The number of H-pyrrole nitrogens is 4. The summed E-state index contributed by atoms with van der Waals surface area (Å²) < 4.78 is 13.4. The Hall–Kier alpha value is -15.0. The SMILES string of the molecule is CC1CCN(c2ccc(NC(=O)c3n[nH]c4ccc(-c5cncc(CN6CCCCC6)c5)cc34)cn2)CC1.O=C(Nc1ccc(N2CCCC2)nc1)c1n[nH]c2ccc(-c3cncc(CN4CCC(O)CC4)c3)cc12.O=C(Nc1ccc(N2CCCCC2)nc1)c1n[nH]c2ccc(-c3cncc(CN4CCCCC4)c3)cc12.O=C(Nc1cncc(F)c1)c1n[nH]c2ccc(-c3cncc(CN4CCCCC4)c3)cc12. The smallest absolute Gasteiger partial charge is 0.276 e. The zero-order valence-electron chi connectivity index (χ0n) is 81.4. The van der Waals surface area contributed by atoms with Gasteiger partial charge >= 0.3 is 0 Å². The highest BCUT2D eigenvalue weighted by molar-refractivity contribution is 6.14. The van der Waals surface area contributed by atoms with E-state index in [-0.39, 0.29) is 35.2 Å². The van der Waals surface area contributed by atoms with Gasteiger partial charge in [0.1, 0.15) is 23.3 Å². The molecule has 7 aliphatic heterocycles. The fourth-order valence-corrected chi connectivity index (χ4v) is 20.3. The van der Waals surface area contributed by atoms with Crippen LogP contribution < -0.4 is 36.0 Å². The lowest BCUT2D eigenvalue weighted by atomic mass is 9.99. The predicted octanol–water partition coefficient (Wildman–Crippen LogP) is 19.0. The van der Waals surface area contributed by atoms with Crippen molar-refractivity contribution in [3.8, 4) is 44.5 Å². The third-order valence-corrected chi connectivity index (χ3v) is 28.4. The van der Waals surface area contributed by atoms with Crippen LogP contribution in [0.15, 0.2) is 220 Å². The molecule has 144 heavy (non-hydrogen) atoms. The lowest BCUT2D eigenvalue weighted by Gasteiger charge is -2.31. The fourth-order valence-electron chi connectivity index (χ4n) is 20.3. The Bertz CT molecular complexity index is 7110. The predicted molar refractivity (Wildman–Crippen MR) is 562 cm³/mol. The zero-order chi connectivity index (χ0) is 98.0. The lowest BCUT2D eigenvalue weighted by Crippen LogP contribution is -2.35. The van der Waals surface area contributed by atoms with E-state index in [1.54, 1.807) is 18.6 Å². The van der Waals surface area contributed by atoms with Crippen LogP contribution in [0.25, 0.3) is 88.1 Å². The highest BCUT2D eigenvalue weighted by atomic mass is 19.1. The Morgan fingerprint density at radius 2 is 0.583 bits per heavy atom. The van der Waals surface area contributed by atoms with Gasteiger partial charge in [0.15, 0.2) is 22.8 Å². The van der Waals surface area contributed by atoms with Crippen molar-refractivity contribution in [2.45, 2.75) is 155 Å². The van der Waals surface area contributed by atoms with Crippen molar-refractivity contribution < 1.29 is 28.7 Å². The van der Waals surface area contributed by atoms with Gasteiger partial charge in [0.2, 0.25) is 0 Å². The standard InChI is InChI=1S/C30H35N7O.C29H33N7O.C28H31N7O2.C24H23FN6O/c1-21-9-13-37(14-10-21)28-8-6-25(19-32-28)33-30(38)29-26-16-23(5-7-27(26)34-35-29)24-15-22(17-31-18-24)20-36-11-3-2-4-12-36;37-29(32-24-8-10-27(31-19-24)36-13-5-2-6-14-36)28-25-16-22(7-9-26(25)33-34-28)23-15-21(17-30-18-23)20-35-11-3-1-4-12-35;36-23-7-11-34(12-8-23)18-19-13-21(16-29-15-19)20-3-5-25-24(14-20)27(33-32-25)28(37)31-22-4-6-26(30-17-22)35-9-1-2-10-35;25-19-10-20(14-27-13-19)28-24(32)23-21-9-17(4-5-22(21)29-30-23)18-8-16(11-26-12-18)15-31-6-2-1-3-7-31/h5-8,15-19,21H,2-4,9-14,20H2,1H3,(H,33,38)(H,34,35);7-10,15-19H,1-6,11-14,20H2,(H,32,37)(H,33,34);3-6,13-17,23,36H,1-2,7-12,18H2,(H,31,37)(H,32,33);4-5,8-14H,1-3,6-7,15H2,(H,28,32)(H,29,30). The quantitative estimate of drug-likeness (QED) is 0.0287. The van der Waals surface area contributed by atoms with E-state index in [0.29, 0.717) is 39.5 Å². The lowest BCUT2D eigenvalue weighted by molar-refractivity contribution is 0.0792. The number of aliphatic hydroxyl groups excluding tert-OH is 1.